The van der Waals surface area contributed by atoms with Crippen LogP contribution in [0.4, 0.5) is 0 Å². The maximum absolute atomic E-state index is 11.4. The lowest BCUT2D eigenvalue weighted by molar-refractivity contribution is 0.0943. The molecule has 7 nitrogen and oxygen atoms in total. The van der Waals surface area contributed by atoms with Gasteiger partial charge in [-0.2, -0.15) is 0 Å². The summed E-state index contributed by atoms with van der Waals surface area (Å²) >= 11 is 0. The van der Waals surface area contributed by atoms with E-state index in [1.807, 2.05) is 4.98 Å². The van der Waals surface area contributed by atoms with E-state index < -0.39 is 23.3 Å². The lowest BCUT2D eigenvalue weighted by Gasteiger charge is -2.05. The Hall–Kier alpha value is -1.89. The maximum atomic E-state index is 11.4. The summed E-state index contributed by atoms with van der Waals surface area (Å²) in [6.07, 6.45) is 0.931. The number of hydrogen-bond donors (Lipinski definition) is 4. The Kier molecular flexibility index (Phi) is 4.01. The van der Waals surface area contributed by atoms with Crippen molar-refractivity contribution in [3.05, 3.63) is 32.6 Å². The van der Waals surface area contributed by atoms with Gasteiger partial charge in [0.15, 0.2) is 0 Å². The Morgan fingerprint density at radius 1 is 1.56 bits per heavy atom. The molecular formula is C9H13N3O4. The summed E-state index contributed by atoms with van der Waals surface area (Å²) in [5.74, 6) is -0.585. The number of hydrogen-bond acceptors (Lipinski definition) is 4. The molecule has 0 aliphatic carbocycles. The summed E-state index contributed by atoms with van der Waals surface area (Å²) in [6.45, 7) is 1.86. The first kappa shape index (κ1) is 12.2. The molecule has 0 spiro atoms. The Balaban J connectivity index is 2.67. The number of H-pyrrole nitrogens is 2. The van der Waals surface area contributed by atoms with Crippen LogP contribution in [0.2, 0.25) is 0 Å². The van der Waals surface area contributed by atoms with Gasteiger partial charge in [0.2, 0.25) is 0 Å². The highest BCUT2D eigenvalue weighted by Gasteiger charge is 2.10. The van der Waals surface area contributed by atoms with Crippen LogP contribution >= 0.6 is 0 Å². The van der Waals surface area contributed by atoms with Crippen LogP contribution in [0.3, 0.4) is 0 Å². The molecule has 88 valence electrons. The molecule has 1 rings (SSSR count). The topological polar surface area (TPSA) is 115 Å². The standard InChI is InChI=1S/C9H13N3O4/c1-5(13)2-3-10-7(14)6-4-11-9(16)12-8(6)15/h4-5,13H,2-3H2,1H3,(H,10,14)(H2,11,12,15,16). The number of carbonyl (C=O) groups is 1. The molecule has 0 saturated heterocycles. The number of aromatic amines is 2. The highest BCUT2D eigenvalue weighted by molar-refractivity contribution is 5.93. The summed E-state index contributed by atoms with van der Waals surface area (Å²) in [7, 11) is 0. The van der Waals surface area contributed by atoms with Crippen LogP contribution in [-0.2, 0) is 0 Å². The average molecular weight is 227 g/mol. The number of rotatable bonds is 4. The van der Waals surface area contributed by atoms with E-state index in [0.717, 1.165) is 6.20 Å². The third-order valence-corrected chi connectivity index (χ3v) is 1.91. The van der Waals surface area contributed by atoms with E-state index in [9.17, 15) is 14.4 Å². The minimum absolute atomic E-state index is 0.162. The van der Waals surface area contributed by atoms with Crippen LogP contribution in [0.1, 0.15) is 23.7 Å². The predicted molar refractivity (Wildman–Crippen MR) is 56.3 cm³/mol. The van der Waals surface area contributed by atoms with Gasteiger partial charge < -0.3 is 15.4 Å². The van der Waals surface area contributed by atoms with Gasteiger partial charge >= 0.3 is 5.69 Å². The summed E-state index contributed by atoms with van der Waals surface area (Å²) in [4.78, 5) is 37.5. The van der Waals surface area contributed by atoms with Gasteiger partial charge in [-0.05, 0) is 13.3 Å². The Labute approximate surface area is 90.5 Å². The Morgan fingerprint density at radius 2 is 2.25 bits per heavy atom. The fraction of sp³-hybridized carbons (Fsp3) is 0.444. The van der Waals surface area contributed by atoms with Gasteiger partial charge in [0, 0.05) is 12.7 Å². The van der Waals surface area contributed by atoms with Crippen molar-refractivity contribution < 1.29 is 9.90 Å². The van der Waals surface area contributed by atoms with E-state index in [4.69, 9.17) is 5.11 Å². The number of aliphatic hydroxyl groups excluding tert-OH is 1. The molecule has 1 aromatic heterocycles. The van der Waals surface area contributed by atoms with Crippen LogP contribution in [-0.4, -0.2) is 33.6 Å². The van der Waals surface area contributed by atoms with Gasteiger partial charge in [-0.3, -0.25) is 14.6 Å². The molecule has 16 heavy (non-hydrogen) atoms. The first-order chi connectivity index (χ1) is 7.50. The van der Waals surface area contributed by atoms with Crippen molar-refractivity contribution in [3.63, 3.8) is 0 Å². The fourth-order valence-electron chi connectivity index (χ4n) is 1.07. The van der Waals surface area contributed by atoms with E-state index in [1.165, 1.54) is 0 Å². The lowest BCUT2D eigenvalue weighted by Crippen LogP contribution is -2.34. The zero-order chi connectivity index (χ0) is 12.1. The molecule has 0 bridgehead atoms. The third kappa shape index (κ3) is 3.35. The summed E-state index contributed by atoms with van der Waals surface area (Å²) in [5, 5.41) is 11.4. The molecule has 4 N–H and O–H groups in total. The Bertz CT molecular complexity index is 474. The van der Waals surface area contributed by atoms with Crippen LogP contribution < -0.4 is 16.6 Å². The quantitative estimate of drug-likeness (QED) is 0.504. The Morgan fingerprint density at radius 3 is 2.81 bits per heavy atom. The number of aliphatic hydroxyl groups is 1. The summed E-state index contributed by atoms with van der Waals surface area (Å²) < 4.78 is 0. The first-order valence-electron chi connectivity index (χ1n) is 4.79. The van der Waals surface area contributed by atoms with Crippen molar-refractivity contribution in [3.8, 4) is 0 Å². The second kappa shape index (κ2) is 5.26. The molecule has 1 amide bonds. The zero-order valence-electron chi connectivity index (χ0n) is 8.74. The van der Waals surface area contributed by atoms with E-state index in [1.54, 1.807) is 6.92 Å². The smallest absolute Gasteiger partial charge is 0.325 e. The number of amides is 1. The molecule has 0 saturated carbocycles. The van der Waals surface area contributed by atoms with Gasteiger partial charge in [0.25, 0.3) is 11.5 Å². The molecule has 7 heteroatoms. The van der Waals surface area contributed by atoms with E-state index in [-0.39, 0.29) is 12.1 Å². The molecule has 1 atom stereocenters. The molecule has 0 aliphatic rings. The fourth-order valence-corrected chi connectivity index (χ4v) is 1.07. The van der Waals surface area contributed by atoms with E-state index in [2.05, 4.69) is 10.3 Å². The minimum Gasteiger partial charge on any atom is -0.393 e. The van der Waals surface area contributed by atoms with Crippen molar-refractivity contribution >= 4 is 5.91 Å². The first-order valence-corrected chi connectivity index (χ1v) is 4.79. The SMILES string of the molecule is CC(O)CCNC(=O)c1c[nH]c(=O)[nH]c1=O. The van der Waals surface area contributed by atoms with Crippen LogP contribution in [0, 0.1) is 0 Å². The second-order valence-corrected chi connectivity index (χ2v) is 3.38. The highest BCUT2D eigenvalue weighted by Crippen LogP contribution is 1.89. The zero-order valence-corrected chi connectivity index (χ0v) is 8.74. The molecule has 0 fully saturated rings. The van der Waals surface area contributed by atoms with Crippen LogP contribution in [0.5, 0.6) is 0 Å². The van der Waals surface area contributed by atoms with Crippen molar-refractivity contribution in [2.75, 3.05) is 6.54 Å². The average Bonchev–Trinajstić information content (AvgIpc) is 2.16. The van der Waals surface area contributed by atoms with Gasteiger partial charge in [-0.25, -0.2) is 4.79 Å². The third-order valence-electron chi connectivity index (χ3n) is 1.91. The minimum atomic E-state index is -0.738. The molecule has 1 aromatic rings. The summed E-state index contributed by atoms with van der Waals surface area (Å²) in [5.41, 5.74) is -1.56. The van der Waals surface area contributed by atoms with Crippen molar-refractivity contribution in [2.24, 2.45) is 0 Å². The van der Waals surface area contributed by atoms with Crippen molar-refractivity contribution in [2.45, 2.75) is 19.4 Å². The molecule has 0 aliphatic heterocycles. The lowest BCUT2D eigenvalue weighted by atomic mass is 10.2. The van der Waals surface area contributed by atoms with Crippen LogP contribution in [0.25, 0.3) is 0 Å². The van der Waals surface area contributed by atoms with E-state index >= 15 is 0 Å². The van der Waals surface area contributed by atoms with Crippen molar-refractivity contribution in [1.82, 2.24) is 15.3 Å². The maximum Gasteiger partial charge on any atom is 0.325 e. The van der Waals surface area contributed by atoms with Gasteiger partial charge in [-0.15, -0.1) is 0 Å². The van der Waals surface area contributed by atoms with E-state index in [0.29, 0.717) is 6.42 Å². The highest BCUT2D eigenvalue weighted by atomic mass is 16.3. The van der Waals surface area contributed by atoms with Gasteiger partial charge in [-0.1, -0.05) is 0 Å². The normalized spacial score (nSPS) is 12.1. The van der Waals surface area contributed by atoms with Gasteiger partial charge in [0.05, 0.1) is 6.10 Å². The number of aromatic nitrogens is 2. The monoisotopic (exact) mass is 227 g/mol. The predicted octanol–water partition coefficient (Wildman–Crippen LogP) is -1.44. The molecule has 1 heterocycles. The molecule has 0 aromatic carbocycles. The molecule has 0 radical (unpaired) electrons. The van der Waals surface area contributed by atoms with Crippen LogP contribution in [0.15, 0.2) is 15.8 Å². The number of nitrogens with one attached hydrogen (secondary N) is 3. The largest absolute Gasteiger partial charge is 0.393 e. The molecular weight excluding hydrogens is 214 g/mol. The second-order valence-electron chi connectivity index (χ2n) is 3.38. The number of carbonyl (C=O) groups excluding carboxylic acids is 1. The summed E-state index contributed by atoms with van der Waals surface area (Å²) in [6, 6.07) is 0. The van der Waals surface area contributed by atoms with Crippen molar-refractivity contribution in [1.29, 1.82) is 0 Å². The molecule has 1 unspecified atom stereocenters. The van der Waals surface area contributed by atoms with Gasteiger partial charge in [0.1, 0.15) is 5.56 Å².